The highest BCUT2D eigenvalue weighted by Crippen LogP contribution is 2.36. The van der Waals surface area contributed by atoms with E-state index in [4.69, 9.17) is 9.47 Å². The third-order valence-electron chi connectivity index (χ3n) is 5.60. The summed E-state index contributed by atoms with van der Waals surface area (Å²) in [6.45, 7) is 6.71. The van der Waals surface area contributed by atoms with Crippen LogP contribution in [0.2, 0.25) is 0 Å². The summed E-state index contributed by atoms with van der Waals surface area (Å²) in [6, 6.07) is 6.43. The smallest absolute Gasteiger partial charge is 0.230 e. The number of benzene rings is 1. The Morgan fingerprint density at radius 1 is 1.32 bits per heavy atom. The van der Waals surface area contributed by atoms with Gasteiger partial charge in [-0.25, -0.2) is 4.39 Å². The van der Waals surface area contributed by atoms with Crippen LogP contribution in [0.15, 0.2) is 24.3 Å². The molecule has 0 unspecified atom stereocenters. The quantitative estimate of drug-likeness (QED) is 0.889. The Balaban J connectivity index is 1.74. The normalized spacial score (nSPS) is 25.9. The maximum absolute atomic E-state index is 13.7. The van der Waals surface area contributed by atoms with Crippen LogP contribution >= 0.6 is 0 Å². The van der Waals surface area contributed by atoms with Crippen molar-refractivity contribution in [1.29, 1.82) is 0 Å². The molecular formula is C20H28FNO3. The molecule has 3 rings (SSSR count). The first kappa shape index (κ1) is 18.3. The average Bonchev–Trinajstić information content (AvgIpc) is 3.09. The minimum Gasteiger partial charge on any atom is -0.381 e. The number of rotatable bonds is 5. The molecule has 2 atom stereocenters. The second-order valence-corrected chi connectivity index (χ2v) is 7.54. The van der Waals surface area contributed by atoms with Gasteiger partial charge in [-0.05, 0) is 42.9 Å². The minimum absolute atomic E-state index is 0.0178. The average molecular weight is 349 g/mol. The van der Waals surface area contributed by atoms with E-state index in [1.807, 2.05) is 6.07 Å². The van der Waals surface area contributed by atoms with Crippen LogP contribution in [-0.2, 0) is 19.7 Å². The lowest BCUT2D eigenvalue weighted by atomic mass is 9.73. The molecule has 4 nitrogen and oxygen atoms in total. The molecule has 0 spiro atoms. The topological polar surface area (TPSA) is 47.6 Å². The zero-order chi connectivity index (χ0) is 17.9. The van der Waals surface area contributed by atoms with Gasteiger partial charge < -0.3 is 14.8 Å². The fourth-order valence-corrected chi connectivity index (χ4v) is 4.16. The number of ether oxygens (including phenoxy) is 2. The molecule has 25 heavy (non-hydrogen) atoms. The minimum atomic E-state index is -0.701. The van der Waals surface area contributed by atoms with Crippen molar-refractivity contribution >= 4 is 5.91 Å². The highest BCUT2D eigenvalue weighted by molar-refractivity contribution is 5.88. The van der Waals surface area contributed by atoms with Gasteiger partial charge in [-0.3, -0.25) is 4.79 Å². The van der Waals surface area contributed by atoms with Gasteiger partial charge in [0.25, 0.3) is 0 Å². The summed E-state index contributed by atoms with van der Waals surface area (Å²) in [5.74, 6) is 0.453. The molecule has 0 saturated carbocycles. The van der Waals surface area contributed by atoms with E-state index in [1.165, 1.54) is 12.1 Å². The first-order chi connectivity index (χ1) is 12.0. The molecule has 1 amide bonds. The Kier molecular flexibility index (Phi) is 5.74. The van der Waals surface area contributed by atoms with Crippen molar-refractivity contribution in [3.63, 3.8) is 0 Å². The number of amides is 1. The molecule has 0 radical (unpaired) electrons. The summed E-state index contributed by atoms with van der Waals surface area (Å²) < 4.78 is 25.0. The molecule has 2 aliphatic heterocycles. The van der Waals surface area contributed by atoms with Crippen LogP contribution in [0, 0.1) is 17.7 Å². The zero-order valence-corrected chi connectivity index (χ0v) is 15.1. The molecule has 1 aromatic carbocycles. The first-order valence-corrected chi connectivity index (χ1v) is 9.26. The second kappa shape index (κ2) is 7.83. The van der Waals surface area contributed by atoms with Gasteiger partial charge in [0, 0.05) is 32.3 Å². The highest BCUT2D eigenvalue weighted by atomic mass is 19.1. The molecular weight excluding hydrogens is 321 g/mol. The van der Waals surface area contributed by atoms with Crippen LogP contribution in [-0.4, -0.2) is 38.4 Å². The summed E-state index contributed by atoms with van der Waals surface area (Å²) >= 11 is 0. The van der Waals surface area contributed by atoms with E-state index in [0.29, 0.717) is 44.4 Å². The van der Waals surface area contributed by atoms with Crippen LogP contribution in [0.5, 0.6) is 0 Å². The Hall–Kier alpha value is -1.46. The van der Waals surface area contributed by atoms with E-state index in [1.54, 1.807) is 6.07 Å². The molecule has 1 aromatic rings. The second-order valence-electron chi connectivity index (χ2n) is 7.54. The van der Waals surface area contributed by atoms with Crippen molar-refractivity contribution in [3.8, 4) is 0 Å². The molecule has 2 saturated heterocycles. The largest absolute Gasteiger partial charge is 0.381 e. The van der Waals surface area contributed by atoms with Gasteiger partial charge in [0.15, 0.2) is 0 Å². The Labute approximate surface area is 149 Å². The van der Waals surface area contributed by atoms with Crippen LogP contribution < -0.4 is 5.32 Å². The third-order valence-corrected chi connectivity index (χ3v) is 5.60. The fourth-order valence-electron chi connectivity index (χ4n) is 4.16. The molecule has 0 aliphatic carbocycles. The molecule has 2 aliphatic rings. The highest BCUT2D eigenvalue weighted by Gasteiger charge is 2.42. The Morgan fingerprint density at radius 3 is 2.76 bits per heavy atom. The Bertz CT molecular complexity index is 598. The van der Waals surface area contributed by atoms with E-state index < -0.39 is 5.41 Å². The standard InChI is InChI=1S/C20H28FNO3/c1-14(2)18-15(6-9-25-18)13-22-19(23)20(7-10-24-11-8-20)16-4-3-5-17(21)12-16/h3-5,12,14-15,18H,6-11,13H2,1-2H3,(H,22,23)/t15-,18-/m1/s1. The monoisotopic (exact) mass is 349 g/mol. The predicted molar refractivity (Wildman–Crippen MR) is 93.8 cm³/mol. The first-order valence-electron chi connectivity index (χ1n) is 9.26. The van der Waals surface area contributed by atoms with Crippen LogP contribution in [0.1, 0.15) is 38.7 Å². The van der Waals surface area contributed by atoms with Crippen molar-refractivity contribution in [3.05, 3.63) is 35.6 Å². The molecule has 138 valence electrons. The number of carbonyl (C=O) groups excluding carboxylic acids is 1. The maximum Gasteiger partial charge on any atom is 0.230 e. The van der Waals surface area contributed by atoms with Crippen molar-refractivity contribution in [1.82, 2.24) is 5.32 Å². The van der Waals surface area contributed by atoms with E-state index >= 15 is 0 Å². The lowest BCUT2D eigenvalue weighted by molar-refractivity contribution is -0.130. The van der Waals surface area contributed by atoms with Gasteiger partial charge in [-0.2, -0.15) is 0 Å². The molecule has 1 N–H and O–H groups in total. The fraction of sp³-hybridized carbons (Fsp3) is 0.650. The van der Waals surface area contributed by atoms with E-state index in [0.717, 1.165) is 18.6 Å². The summed E-state index contributed by atoms with van der Waals surface area (Å²) in [7, 11) is 0. The van der Waals surface area contributed by atoms with Gasteiger partial charge in [0.1, 0.15) is 5.82 Å². The van der Waals surface area contributed by atoms with Crippen LogP contribution in [0.4, 0.5) is 4.39 Å². The predicted octanol–water partition coefficient (Wildman–Crippen LogP) is 3.05. The van der Waals surface area contributed by atoms with Gasteiger partial charge >= 0.3 is 0 Å². The van der Waals surface area contributed by atoms with Crippen molar-refractivity contribution in [2.24, 2.45) is 11.8 Å². The van der Waals surface area contributed by atoms with Crippen molar-refractivity contribution in [2.75, 3.05) is 26.4 Å². The number of nitrogens with one attached hydrogen (secondary N) is 1. The SMILES string of the molecule is CC(C)[C@H]1OCC[C@@H]1CNC(=O)C1(c2cccc(F)c2)CCOCC1. The molecule has 2 heterocycles. The summed E-state index contributed by atoms with van der Waals surface area (Å²) in [6.07, 6.45) is 2.33. The van der Waals surface area contributed by atoms with Gasteiger partial charge in [0.05, 0.1) is 11.5 Å². The van der Waals surface area contributed by atoms with Crippen molar-refractivity contribution in [2.45, 2.75) is 44.6 Å². The molecule has 0 bridgehead atoms. The van der Waals surface area contributed by atoms with Gasteiger partial charge in [0.2, 0.25) is 5.91 Å². The Morgan fingerprint density at radius 2 is 2.08 bits per heavy atom. The number of carbonyl (C=O) groups is 1. The number of hydrogen-bond acceptors (Lipinski definition) is 3. The number of hydrogen-bond donors (Lipinski definition) is 1. The summed E-state index contributed by atoms with van der Waals surface area (Å²) in [5, 5.41) is 3.14. The van der Waals surface area contributed by atoms with E-state index in [-0.39, 0.29) is 17.8 Å². The van der Waals surface area contributed by atoms with Crippen molar-refractivity contribution < 1.29 is 18.7 Å². The molecule has 5 heteroatoms. The summed E-state index contributed by atoms with van der Waals surface area (Å²) in [5.41, 5.74) is 0.0454. The molecule has 2 fully saturated rings. The zero-order valence-electron chi connectivity index (χ0n) is 15.1. The molecule has 0 aromatic heterocycles. The van der Waals surface area contributed by atoms with Gasteiger partial charge in [-0.1, -0.05) is 26.0 Å². The third kappa shape index (κ3) is 3.87. The number of halogens is 1. The van der Waals surface area contributed by atoms with Crippen LogP contribution in [0.3, 0.4) is 0 Å². The summed E-state index contributed by atoms with van der Waals surface area (Å²) in [4.78, 5) is 13.1. The lowest BCUT2D eigenvalue weighted by Gasteiger charge is -2.36. The lowest BCUT2D eigenvalue weighted by Crippen LogP contribution is -2.49. The van der Waals surface area contributed by atoms with E-state index in [2.05, 4.69) is 19.2 Å². The van der Waals surface area contributed by atoms with Gasteiger partial charge in [-0.15, -0.1) is 0 Å². The maximum atomic E-state index is 13.7. The van der Waals surface area contributed by atoms with E-state index in [9.17, 15) is 9.18 Å². The van der Waals surface area contributed by atoms with Crippen LogP contribution in [0.25, 0.3) is 0 Å².